The van der Waals surface area contributed by atoms with Gasteiger partial charge in [0.2, 0.25) is 4.96 Å². The van der Waals surface area contributed by atoms with Crippen molar-refractivity contribution < 1.29 is 13.9 Å². The Labute approximate surface area is 169 Å². The van der Waals surface area contributed by atoms with Gasteiger partial charge in [-0.3, -0.25) is 0 Å². The number of aromatic nitrogens is 4. The van der Waals surface area contributed by atoms with E-state index in [9.17, 15) is 4.39 Å². The largest absolute Gasteiger partial charge is 0.486 e. The zero-order valence-corrected chi connectivity index (χ0v) is 16.7. The van der Waals surface area contributed by atoms with E-state index in [1.807, 2.05) is 26.0 Å². The summed E-state index contributed by atoms with van der Waals surface area (Å²) in [7, 11) is 0. The maximum absolute atomic E-state index is 13.0. The molecule has 0 aliphatic heterocycles. The molecule has 4 rings (SSSR count). The van der Waals surface area contributed by atoms with E-state index in [0.29, 0.717) is 27.3 Å². The van der Waals surface area contributed by atoms with Crippen LogP contribution < -0.4 is 9.47 Å². The third-order valence-electron chi connectivity index (χ3n) is 3.94. The van der Waals surface area contributed by atoms with E-state index in [4.69, 9.17) is 21.1 Å². The average molecular weight is 419 g/mol. The topological polar surface area (TPSA) is 61.5 Å². The lowest BCUT2D eigenvalue weighted by atomic mass is 10.1. The molecular formula is C19H16ClFN4O2S. The fraction of sp³-hybridized carbons (Fsp3) is 0.211. The Morgan fingerprint density at radius 3 is 2.43 bits per heavy atom. The van der Waals surface area contributed by atoms with E-state index in [1.165, 1.54) is 23.5 Å². The normalized spacial score (nSPS) is 11.7. The SMILES string of the molecule is CC(C)(Oc1ccc(Cl)cc1)c1nn2c(COc3ccc(F)cc3)nnc2s1. The second-order valence-electron chi connectivity index (χ2n) is 6.53. The zero-order valence-electron chi connectivity index (χ0n) is 15.1. The van der Waals surface area contributed by atoms with Gasteiger partial charge < -0.3 is 9.47 Å². The van der Waals surface area contributed by atoms with Crippen LogP contribution in [-0.2, 0) is 12.2 Å². The van der Waals surface area contributed by atoms with Crippen molar-refractivity contribution in [2.45, 2.75) is 26.1 Å². The van der Waals surface area contributed by atoms with Crippen molar-refractivity contribution in [1.29, 1.82) is 0 Å². The highest BCUT2D eigenvalue weighted by Gasteiger charge is 2.29. The van der Waals surface area contributed by atoms with Gasteiger partial charge in [0.25, 0.3) is 0 Å². The van der Waals surface area contributed by atoms with Gasteiger partial charge in [0.1, 0.15) is 23.9 Å². The van der Waals surface area contributed by atoms with Crippen LogP contribution in [0, 0.1) is 5.82 Å². The summed E-state index contributed by atoms with van der Waals surface area (Å²) in [6, 6.07) is 13.0. The van der Waals surface area contributed by atoms with Crippen molar-refractivity contribution >= 4 is 27.9 Å². The van der Waals surface area contributed by atoms with Crippen LogP contribution in [0.4, 0.5) is 4.39 Å². The molecule has 0 spiro atoms. The minimum Gasteiger partial charge on any atom is -0.486 e. The molecule has 2 aromatic heterocycles. The Balaban J connectivity index is 1.52. The molecule has 9 heteroatoms. The van der Waals surface area contributed by atoms with Crippen LogP contribution in [0.3, 0.4) is 0 Å². The summed E-state index contributed by atoms with van der Waals surface area (Å²) in [5.41, 5.74) is -0.672. The van der Waals surface area contributed by atoms with Crippen molar-refractivity contribution in [3.63, 3.8) is 0 Å². The molecule has 0 amide bonds. The standard InChI is InChI=1S/C19H16ClFN4O2S/c1-19(2,27-15-7-3-12(20)4-8-15)17-24-25-16(22-23-18(25)28-17)11-26-14-9-5-13(21)6-10-14/h3-10H,11H2,1-2H3. The number of nitrogens with zero attached hydrogens (tertiary/aromatic N) is 4. The molecule has 2 aromatic carbocycles. The highest BCUT2D eigenvalue weighted by atomic mass is 35.5. The number of fused-ring (bicyclic) bond motifs is 1. The predicted octanol–water partition coefficient (Wildman–Crippen LogP) is 4.87. The lowest BCUT2D eigenvalue weighted by Crippen LogP contribution is -2.25. The molecule has 0 unspecified atom stereocenters. The smallest absolute Gasteiger partial charge is 0.234 e. The van der Waals surface area contributed by atoms with Crippen LogP contribution in [0.5, 0.6) is 11.5 Å². The molecule has 4 aromatic rings. The summed E-state index contributed by atoms with van der Waals surface area (Å²) in [5, 5.41) is 14.3. The first kappa shape index (κ1) is 18.6. The fourth-order valence-electron chi connectivity index (χ4n) is 2.51. The average Bonchev–Trinajstić information content (AvgIpc) is 3.25. The number of ether oxygens (including phenoxy) is 2. The Bertz CT molecular complexity index is 1090. The summed E-state index contributed by atoms with van der Waals surface area (Å²) in [5.74, 6) is 1.47. The van der Waals surface area contributed by atoms with Gasteiger partial charge in [-0.15, -0.1) is 10.2 Å². The number of benzene rings is 2. The van der Waals surface area contributed by atoms with E-state index in [0.717, 1.165) is 5.01 Å². The van der Waals surface area contributed by atoms with Gasteiger partial charge in [0, 0.05) is 5.02 Å². The summed E-state index contributed by atoms with van der Waals surface area (Å²) >= 11 is 7.32. The molecule has 0 radical (unpaired) electrons. The monoisotopic (exact) mass is 418 g/mol. The summed E-state index contributed by atoms with van der Waals surface area (Å²) in [4.78, 5) is 0.639. The second-order valence-corrected chi connectivity index (χ2v) is 7.92. The molecule has 0 atom stereocenters. The fourth-order valence-corrected chi connectivity index (χ4v) is 3.53. The van der Waals surface area contributed by atoms with Crippen molar-refractivity contribution in [3.8, 4) is 11.5 Å². The number of hydrogen-bond acceptors (Lipinski definition) is 6. The van der Waals surface area contributed by atoms with Gasteiger partial charge in [-0.2, -0.15) is 9.61 Å². The lowest BCUT2D eigenvalue weighted by Gasteiger charge is -2.23. The molecule has 0 bridgehead atoms. The molecule has 28 heavy (non-hydrogen) atoms. The quantitative estimate of drug-likeness (QED) is 0.447. The van der Waals surface area contributed by atoms with E-state index in [-0.39, 0.29) is 12.4 Å². The first-order valence-electron chi connectivity index (χ1n) is 8.45. The van der Waals surface area contributed by atoms with Gasteiger partial charge in [0.15, 0.2) is 16.4 Å². The van der Waals surface area contributed by atoms with Crippen molar-refractivity contribution in [3.05, 3.63) is 70.2 Å². The first-order chi connectivity index (χ1) is 13.4. The van der Waals surface area contributed by atoms with E-state index < -0.39 is 5.60 Å². The summed E-state index contributed by atoms with van der Waals surface area (Å²) < 4.78 is 26.4. The Morgan fingerprint density at radius 1 is 1.04 bits per heavy atom. The van der Waals surface area contributed by atoms with Gasteiger partial charge in [-0.25, -0.2) is 4.39 Å². The van der Waals surface area contributed by atoms with Gasteiger partial charge in [-0.05, 0) is 62.4 Å². The maximum Gasteiger partial charge on any atom is 0.234 e. The molecule has 0 saturated heterocycles. The Hall–Kier alpha value is -2.71. The van der Waals surface area contributed by atoms with Crippen molar-refractivity contribution in [2.75, 3.05) is 0 Å². The highest BCUT2D eigenvalue weighted by Crippen LogP contribution is 2.31. The van der Waals surface area contributed by atoms with Crippen molar-refractivity contribution in [2.24, 2.45) is 0 Å². The molecule has 0 saturated carbocycles. The number of hydrogen-bond donors (Lipinski definition) is 0. The number of halogens is 2. The van der Waals surface area contributed by atoms with Gasteiger partial charge in [0.05, 0.1) is 0 Å². The minimum atomic E-state index is -0.672. The van der Waals surface area contributed by atoms with Crippen LogP contribution in [-0.4, -0.2) is 19.8 Å². The van der Waals surface area contributed by atoms with Crippen LogP contribution >= 0.6 is 22.9 Å². The van der Waals surface area contributed by atoms with Gasteiger partial charge >= 0.3 is 0 Å². The Kier molecular flexibility index (Phi) is 4.91. The summed E-state index contributed by atoms with van der Waals surface area (Å²) in [6.45, 7) is 4.03. The molecule has 2 heterocycles. The van der Waals surface area contributed by atoms with Crippen molar-refractivity contribution in [1.82, 2.24) is 19.8 Å². The maximum atomic E-state index is 13.0. The van der Waals surface area contributed by atoms with E-state index in [1.54, 1.807) is 28.8 Å². The zero-order chi connectivity index (χ0) is 19.7. The predicted molar refractivity (Wildman–Crippen MR) is 104 cm³/mol. The molecule has 0 aliphatic rings. The lowest BCUT2D eigenvalue weighted by molar-refractivity contribution is 0.107. The molecule has 0 fully saturated rings. The molecular weight excluding hydrogens is 403 g/mol. The van der Waals surface area contributed by atoms with E-state index >= 15 is 0 Å². The van der Waals surface area contributed by atoms with Crippen LogP contribution in [0.25, 0.3) is 4.96 Å². The third kappa shape index (κ3) is 3.93. The minimum absolute atomic E-state index is 0.161. The summed E-state index contributed by atoms with van der Waals surface area (Å²) in [6.07, 6.45) is 0. The van der Waals surface area contributed by atoms with Crippen LogP contribution in [0.15, 0.2) is 48.5 Å². The van der Waals surface area contributed by atoms with Gasteiger partial charge in [-0.1, -0.05) is 22.9 Å². The number of rotatable bonds is 6. The van der Waals surface area contributed by atoms with Crippen LogP contribution in [0.1, 0.15) is 24.7 Å². The molecule has 0 N–H and O–H groups in total. The molecule has 0 aliphatic carbocycles. The Morgan fingerprint density at radius 2 is 1.71 bits per heavy atom. The second kappa shape index (κ2) is 7.37. The van der Waals surface area contributed by atoms with E-state index in [2.05, 4.69) is 15.3 Å². The molecule has 6 nitrogen and oxygen atoms in total. The first-order valence-corrected chi connectivity index (χ1v) is 9.65. The third-order valence-corrected chi connectivity index (χ3v) is 5.39. The molecule has 144 valence electrons. The van der Waals surface area contributed by atoms with Crippen LogP contribution in [0.2, 0.25) is 5.02 Å². The highest BCUT2D eigenvalue weighted by molar-refractivity contribution is 7.16.